The number of nitrogens with one attached hydrogen (secondary N) is 1. The lowest BCUT2D eigenvalue weighted by Crippen LogP contribution is -2.03. The summed E-state index contributed by atoms with van der Waals surface area (Å²) in [7, 11) is 1.87. The monoisotopic (exact) mass is 162 g/mol. The first kappa shape index (κ1) is 7.16. The van der Waals surface area contributed by atoms with Crippen LogP contribution >= 0.6 is 0 Å². The van der Waals surface area contributed by atoms with Crippen LogP contribution in [0.2, 0.25) is 0 Å². The third kappa shape index (κ3) is 1.03. The lowest BCUT2D eigenvalue weighted by atomic mass is 10.2. The first-order valence-electron chi connectivity index (χ1n) is 3.88. The molecule has 62 valence electrons. The molecule has 0 unspecified atom stereocenters. The van der Waals surface area contributed by atoms with Crippen molar-refractivity contribution in [2.45, 2.75) is 0 Å². The van der Waals surface area contributed by atoms with Gasteiger partial charge in [-0.15, -0.1) is 0 Å². The molecule has 0 saturated carbocycles. The van der Waals surface area contributed by atoms with Gasteiger partial charge in [0, 0.05) is 13.3 Å². The summed E-state index contributed by atoms with van der Waals surface area (Å²) in [6, 6.07) is 5.85. The number of fused-ring (bicyclic) bond motifs is 1. The van der Waals surface area contributed by atoms with Crippen molar-refractivity contribution in [3.8, 4) is 5.75 Å². The Balaban J connectivity index is 2.54. The van der Waals surface area contributed by atoms with Crippen molar-refractivity contribution in [2.24, 2.45) is 4.99 Å². The largest absolute Gasteiger partial charge is 0.486 e. The molecule has 1 aliphatic heterocycles. The van der Waals surface area contributed by atoms with Crippen molar-refractivity contribution in [1.82, 2.24) is 0 Å². The fourth-order valence-corrected chi connectivity index (χ4v) is 1.23. The Kier molecular flexibility index (Phi) is 1.70. The zero-order chi connectivity index (χ0) is 8.39. The zero-order valence-electron chi connectivity index (χ0n) is 6.87. The number of aliphatic imine (C=N–C) groups is 1. The molecule has 0 fully saturated rings. The van der Waals surface area contributed by atoms with Crippen LogP contribution in [0.15, 0.2) is 23.2 Å². The average Bonchev–Trinajstić information content (AvgIpc) is 2.17. The number of anilines is 1. The number of rotatable bonds is 1. The van der Waals surface area contributed by atoms with Gasteiger partial charge in [-0.25, -0.2) is 0 Å². The van der Waals surface area contributed by atoms with Gasteiger partial charge in [-0.3, -0.25) is 4.99 Å². The van der Waals surface area contributed by atoms with E-state index < -0.39 is 0 Å². The third-order valence-corrected chi connectivity index (χ3v) is 1.80. The molecule has 0 saturated heterocycles. The maximum atomic E-state index is 5.38. The van der Waals surface area contributed by atoms with E-state index in [-0.39, 0.29) is 0 Å². The fourth-order valence-electron chi connectivity index (χ4n) is 1.23. The maximum Gasteiger partial charge on any atom is 0.147 e. The fraction of sp³-hybridized carbons (Fsp3) is 0.222. The van der Waals surface area contributed by atoms with Gasteiger partial charge in [-0.1, -0.05) is 6.07 Å². The quantitative estimate of drug-likeness (QED) is 0.683. The van der Waals surface area contributed by atoms with Crippen molar-refractivity contribution in [3.63, 3.8) is 0 Å². The summed E-state index contributed by atoms with van der Waals surface area (Å²) in [5.74, 6) is 0.851. The van der Waals surface area contributed by atoms with Crippen LogP contribution in [0.3, 0.4) is 0 Å². The van der Waals surface area contributed by atoms with Gasteiger partial charge >= 0.3 is 0 Å². The Bertz CT molecular complexity index is 320. The molecule has 3 nitrogen and oxygen atoms in total. The summed E-state index contributed by atoms with van der Waals surface area (Å²) in [4.78, 5) is 4.25. The van der Waals surface area contributed by atoms with Crippen molar-refractivity contribution >= 4 is 17.6 Å². The normalized spacial score (nSPS) is 13.4. The van der Waals surface area contributed by atoms with Crippen LogP contribution in [-0.4, -0.2) is 19.9 Å². The van der Waals surface area contributed by atoms with Crippen molar-refractivity contribution in [1.29, 1.82) is 0 Å². The lowest BCUT2D eigenvalue weighted by molar-refractivity contribution is 0.377. The van der Waals surface area contributed by atoms with Crippen LogP contribution < -0.4 is 10.1 Å². The molecule has 0 aromatic heterocycles. The number of hydrogen-bond donors (Lipinski definition) is 1. The second kappa shape index (κ2) is 2.85. The Hall–Kier alpha value is -1.51. The number of hydrogen-bond acceptors (Lipinski definition) is 3. The summed E-state index contributed by atoms with van der Waals surface area (Å²) >= 11 is 0. The van der Waals surface area contributed by atoms with Gasteiger partial charge in [0.1, 0.15) is 18.0 Å². The molecule has 1 heterocycles. The molecule has 12 heavy (non-hydrogen) atoms. The Morgan fingerprint density at radius 1 is 1.50 bits per heavy atom. The van der Waals surface area contributed by atoms with Gasteiger partial charge in [0.25, 0.3) is 0 Å². The average molecular weight is 162 g/mol. The summed E-state index contributed by atoms with van der Waals surface area (Å²) in [5.41, 5.74) is 1.90. The molecule has 3 heteroatoms. The molecular formula is C9H10N2O. The van der Waals surface area contributed by atoms with E-state index >= 15 is 0 Å². The highest BCUT2D eigenvalue weighted by atomic mass is 16.5. The summed E-state index contributed by atoms with van der Waals surface area (Å²) < 4.78 is 5.38. The molecule has 0 spiro atoms. The maximum absolute atomic E-state index is 5.38. The predicted octanol–water partition coefficient (Wildman–Crippen LogP) is 1.82. The van der Waals surface area contributed by atoms with Gasteiger partial charge in [-0.05, 0) is 12.1 Å². The smallest absolute Gasteiger partial charge is 0.147 e. The lowest BCUT2D eigenvalue weighted by Gasteiger charge is -2.14. The second-order valence-corrected chi connectivity index (χ2v) is 2.52. The summed E-state index contributed by atoms with van der Waals surface area (Å²) in [5, 5.41) is 3.06. The minimum atomic E-state index is 0.570. The highest BCUT2D eigenvalue weighted by Crippen LogP contribution is 2.36. The molecular weight excluding hydrogens is 152 g/mol. The van der Waals surface area contributed by atoms with E-state index in [2.05, 4.69) is 10.3 Å². The van der Waals surface area contributed by atoms with Crippen LogP contribution in [-0.2, 0) is 0 Å². The summed E-state index contributed by atoms with van der Waals surface area (Å²) in [6.07, 6.45) is 1.77. The van der Waals surface area contributed by atoms with Crippen LogP contribution in [0, 0.1) is 0 Å². The van der Waals surface area contributed by atoms with Crippen LogP contribution in [0.25, 0.3) is 0 Å². The van der Waals surface area contributed by atoms with Gasteiger partial charge in [0.15, 0.2) is 0 Å². The second-order valence-electron chi connectivity index (χ2n) is 2.52. The van der Waals surface area contributed by atoms with Gasteiger partial charge in [0.2, 0.25) is 0 Å². The van der Waals surface area contributed by atoms with E-state index in [4.69, 9.17) is 4.74 Å². The number of para-hydroxylation sites is 1. The summed E-state index contributed by atoms with van der Waals surface area (Å²) in [6.45, 7) is 0.570. The molecule has 0 amide bonds. The van der Waals surface area contributed by atoms with E-state index in [9.17, 15) is 0 Å². The molecule has 1 aromatic rings. The van der Waals surface area contributed by atoms with E-state index in [0.717, 1.165) is 17.1 Å². The van der Waals surface area contributed by atoms with E-state index in [1.54, 1.807) is 6.21 Å². The van der Waals surface area contributed by atoms with Crippen molar-refractivity contribution in [2.75, 3.05) is 19.0 Å². The van der Waals surface area contributed by atoms with Crippen molar-refractivity contribution < 1.29 is 4.74 Å². The molecule has 0 aliphatic carbocycles. The van der Waals surface area contributed by atoms with Crippen LogP contribution in [0.4, 0.5) is 11.4 Å². The standard InChI is InChI=1S/C9H10N2O/c1-10-7-3-2-4-8-9(7)11-5-6-12-8/h2-5,10H,6H2,1H3. The van der Waals surface area contributed by atoms with Gasteiger partial charge in [0.05, 0.1) is 5.69 Å². The molecule has 2 rings (SSSR count). The minimum Gasteiger partial charge on any atom is -0.486 e. The number of nitrogens with zero attached hydrogens (tertiary/aromatic N) is 1. The van der Waals surface area contributed by atoms with Crippen LogP contribution in [0.1, 0.15) is 0 Å². The van der Waals surface area contributed by atoms with E-state index in [0.29, 0.717) is 6.61 Å². The van der Waals surface area contributed by atoms with Gasteiger partial charge < -0.3 is 10.1 Å². The first-order valence-corrected chi connectivity index (χ1v) is 3.88. The number of ether oxygens (including phenoxy) is 1. The molecule has 1 N–H and O–H groups in total. The molecule has 0 radical (unpaired) electrons. The molecule has 1 aliphatic rings. The Morgan fingerprint density at radius 2 is 2.42 bits per heavy atom. The zero-order valence-corrected chi connectivity index (χ0v) is 6.87. The third-order valence-electron chi connectivity index (χ3n) is 1.80. The Morgan fingerprint density at radius 3 is 3.25 bits per heavy atom. The number of benzene rings is 1. The first-order chi connectivity index (χ1) is 5.92. The van der Waals surface area contributed by atoms with E-state index in [1.807, 2.05) is 25.2 Å². The SMILES string of the molecule is CNc1cccc2c1N=CCO2. The topological polar surface area (TPSA) is 33.6 Å². The molecule has 0 atom stereocenters. The molecule has 0 bridgehead atoms. The van der Waals surface area contributed by atoms with Crippen LogP contribution in [0.5, 0.6) is 5.75 Å². The van der Waals surface area contributed by atoms with Crippen molar-refractivity contribution in [3.05, 3.63) is 18.2 Å². The highest BCUT2D eigenvalue weighted by Gasteiger charge is 2.09. The highest BCUT2D eigenvalue weighted by molar-refractivity contribution is 5.80. The molecule has 1 aromatic carbocycles. The Labute approximate surface area is 71.1 Å². The van der Waals surface area contributed by atoms with E-state index in [1.165, 1.54) is 0 Å². The minimum absolute atomic E-state index is 0.570. The van der Waals surface area contributed by atoms with Gasteiger partial charge in [-0.2, -0.15) is 0 Å². The predicted molar refractivity (Wildman–Crippen MR) is 49.6 cm³/mol.